The summed E-state index contributed by atoms with van der Waals surface area (Å²) in [6.07, 6.45) is 0. The lowest BCUT2D eigenvalue weighted by Gasteiger charge is -2.19. The lowest BCUT2D eigenvalue weighted by molar-refractivity contribution is -0.123. The summed E-state index contributed by atoms with van der Waals surface area (Å²) in [4.78, 5) is 12.1. The van der Waals surface area contributed by atoms with Gasteiger partial charge < -0.3 is 14.8 Å². The summed E-state index contributed by atoms with van der Waals surface area (Å²) < 4.78 is 24.2. The Bertz CT molecular complexity index is 751. The second-order valence-electron chi connectivity index (χ2n) is 7.25. The van der Waals surface area contributed by atoms with Crippen molar-refractivity contribution in [3.05, 3.63) is 59.4 Å². The highest BCUT2D eigenvalue weighted by Crippen LogP contribution is 2.24. The third-order valence-corrected chi connectivity index (χ3v) is 4.14. The fourth-order valence-corrected chi connectivity index (χ4v) is 2.52. The van der Waals surface area contributed by atoms with E-state index in [4.69, 9.17) is 9.47 Å². The Morgan fingerprint density at radius 3 is 2.35 bits per heavy atom. The lowest BCUT2D eigenvalue weighted by atomic mass is 9.87. The van der Waals surface area contributed by atoms with Crippen molar-refractivity contribution in [1.82, 2.24) is 5.32 Å². The molecule has 0 aromatic heterocycles. The molecule has 0 radical (unpaired) electrons. The van der Waals surface area contributed by atoms with Gasteiger partial charge in [-0.3, -0.25) is 4.79 Å². The summed E-state index contributed by atoms with van der Waals surface area (Å²) in [5.74, 6) is 0.0838. The number of hydrogen-bond donors (Lipinski definition) is 1. The smallest absolute Gasteiger partial charge is 0.258 e. The topological polar surface area (TPSA) is 47.6 Å². The number of halogens is 1. The van der Waals surface area contributed by atoms with Crippen LogP contribution in [-0.2, 0) is 10.2 Å². The molecule has 0 saturated carbocycles. The van der Waals surface area contributed by atoms with Crippen LogP contribution in [0.5, 0.6) is 11.5 Å². The minimum atomic E-state index is -0.457. The van der Waals surface area contributed by atoms with Crippen molar-refractivity contribution >= 4 is 5.91 Å². The van der Waals surface area contributed by atoms with Crippen LogP contribution in [0.25, 0.3) is 0 Å². The van der Waals surface area contributed by atoms with Crippen LogP contribution in [0.1, 0.15) is 44.9 Å². The number of carbonyl (C=O) groups is 1. The van der Waals surface area contributed by atoms with Gasteiger partial charge in [0, 0.05) is 0 Å². The van der Waals surface area contributed by atoms with Crippen molar-refractivity contribution < 1.29 is 18.7 Å². The summed E-state index contributed by atoms with van der Waals surface area (Å²) in [5.41, 5.74) is 1.93. The molecular formula is C21H26FNO3. The molecule has 1 N–H and O–H groups in total. The zero-order chi connectivity index (χ0) is 19.3. The maximum atomic E-state index is 13.8. The summed E-state index contributed by atoms with van der Waals surface area (Å²) in [5, 5.41) is 2.80. The van der Waals surface area contributed by atoms with Gasteiger partial charge in [-0.15, -0.1) is 0 Å². The Labute approximate surface area is 154 Å². The van der Waals surface area contributed by atoms with Crippen LogP contribution in [0.4, 0.5) is 4.39 Å². The molecule has 0 aliphatic rings. The largest absolute Gasteiger partial charge is 0.494 e. The molecule has 0 unspecified atom stereocenters. The molecule has 26 heavy (non-hydrogen) atoms. The summed E-state index contributed by atoms with van der Waals surface area (Å²) in [6, 6.07) is 12.0. The van der Waals surface area contributed by atoms with Crippen LogP contribution in [0.15, 0.2) is 42.5 Å². The average molecular weight is 359 g/mol. The average Bonchev–Trinajstić information content (AvgIpc) is 2.59. The van der Waals surface area contributed by atoms with Gasteiger partial charge >= 0.3 is 0 Å². The Morgan fingerprint density at radius 1 is 1.15 bits per heavy atom. The molecule has 0 aliphatic heterocycles. The fraction of sp³-hybridized carbons (Fsp3) is 0.381. The SMILES string of the molecule is COc1ccc([C@H](C)NC(=O)COc2ccc(C(C)(C)C)cc2)cc1F. The van der Waals surface area contributed by atoms with Crippen LogP contribution in [0.3, 0.4) is 0 Å². The van der Waals surface area contributed by atoms with Gasteiger partial charge in [-0.25, -0.2) is 4.39 Å². The van der Waals surface area contributed by atoms with Gasteiger partial charge in [0.1, 0.15) is 5.75 Å². The fourth-order valence-electron chi connectivity index (χ4n) is 2.52. The first-order valence-electron chi connectivity index (χ1n) is 8.57. The number of hydrogen-bond acceptors (Lipinski definition) is 3. The lowest BCUT2D eigenvalue weighted by Crippen LogP contribution is -2.31. The van der Waals surface area contributed by atoms with Crippen LogP contribution < -0.4 is 14.8 Å². The number of nitrogens with one attached hydrogen (secondary N) is 1. The molecule has 2 aromatic rings. The van der Waals surface area contributed by atoms with E-state index in [1.54, 1.807) is 19.1 Å². The highest BCUT2D eigenvalue weighted by molar-refractivity contribution is 5.78. The van der Waals surface area contributed by atoms with Crippen molar-refractivity contribution in [2.45, 2.75) is 39.2 Å². The molecule has 2 rings (SSSR count). The standard InChI is InChI=1S/C21H26FNO3/c1-14(15-6-11-19(25-5)18(22)12-15)23-20(24)13-26-17-9-7-16(8-10-17)21(2,3)4/h6-12,14H,13H2,1-5H3,(H,23,24)/t14-/m0/s1. The van der Waals surface area contributed by atoms with Crippen LogP contribution in [0.2, 0.25) is 0 Å². The van der Waals surface area contributed by atoms with Gasteiger partial charge in [0.2, 0.25) is 0 Å². The zero-order valence-corrected chi connectivity index (χ0v) is 15.9. The van der Waals surface area contributed by atoms with E-state index in [0.717, 1.165) is 0 Å². The minimum absolute atomic E-state index is 0.0684. The number of amides is 1. The van der Waals surface area contributed by atoms with Crippen molar-refractivity contribution in [2.75, 3.05) is 13.7 Å². The number of methoxy groups -OCH3 is 1. The number of rotatable bonds is 6. The van der Waals surface area contributed by atoms with Crippen molar-refractivity contribution in [2.24, 2.45) is 0 Å². The third kappa shape index (κ3) is 5.22. The van der Waals surface area contributed by atoms with Crippen LogP contribution in [-0.4, -0.2) is 19.6 Å². The van der Waals surface area contributed by atoms with Gasteiger partial charge in [-0.1, -0.05) is 39.0 Å². The first-order valence-corrected chi connectivity index (χ1v) is 8.57. The van der Waals surface area contributed by atoms with Crippen LogP contribution in [0, 0.1) is 5.82 Å². The van der Waals surface area contributed by atoms with Gasteiger partial charge in [0.15, 0.2) is 18.2 Å². The molecule has 5 heteroatoms. The molecule has 1 amide bonds. The van der Waals surface area contributed by atoms with Gasteiger partial charge in [-0.05, 0) is 47.7 Å². The van der Waals surface area contributed by atoms with E-state index >= 15 is 0 Å². The van der Waals surface area contributed by atoms with E-state index in [0.29, 0.717) is 11.3 Å². The molecular weight excluding hydrogens is 333 g/mol. The second kappa shape index (κ2) is 8.21. The molecule has 2 aromatic carbocycles. The van der Waals surface area contributed by atoms with Crippen molar-refractivity contribution in [3.8, 4) is 11.5 Å². The maximum Gasteiger partial charge on any atom is 0.258 e. The summed E-state index contributed by atoms with van der Waals surface area (Å²) in [7, 11) is 1.41. The van der Waals surface area contributed by atoms with E-state index in [2.05, 4.69) is 26.1 Å². The molecule has 0 spiro atoms. The molecule has 140 valence electrons. The molecule has 0 aliphatic carbocycles. The van der Waals surface area contributed by atoms with Gasteiger partial charge in [-0.2, -0.15) is 0 Å². The van der Waals surface area contributed by atoms with Crippen molar-refractivity contribution in [1.29, 1.82) is 0 Å². The van der Waals surface area contributed by atoms with Crippen LogP contribution >= 0.6 is 0 Å². The zero-order valence-electron chi connectivity index (χ0n) is 15.9. The molecule has 0 bridgehead atoms. The molecule has 1 atom stereocenters. The number of benzene rings is 2. The third-order valence-electron chi connectivity index (χ3n) is 4.14. The Balaban J connectivity index is 1.89. The second-order valence-corrected chi connectivity index (χ2v) is 7.25. The molecule has 0 saturated heterocycles. The normalized spacial score (nSPS) is 12.4. The molecule has 0 fully saturated rings. The number of ether oxygens (including phenoxy) is 2. The molecule has 4 nitrogen and oxygen atoms in total. The van der Waals surface area contributed by atoms with Crippen molar-refractivity contribution in [3.63, 3.8) is 0 Å². The summed E-state index contributed by atoms with van der Waals surface area (Å²) in [6.45, 7) is 8.11. The predicted molar refractivity (Wildman–Crippen MR) is 100 cm³/mol. The highest BCUT2D eigenvalue weighted by Gasteiger charge is 2.14. The Morgan fingerprint density at radius 2 is 1.81 bits per heavy atom. The summed E-state index contributed by atoms with van der Waals surface area (Å²) >= 11 is 0. The maximum absolute atomic E-state index is 13.8. The number of carbonyl (C=O) groups excluding carboxylic acids is 1. The van der Waals surface area contributed by atoms with E-state index in [-0.39, 0.29) is 29.7 Å². The Kier molecular flexibility index (Phi) is 6.24. The monoisotopic (exact) mass is 359 g/mol. The first kappa shape index (κ1) is 19.8. The quantitative estimate of drug-likeness (QED) is 0.832. The molecule has 0 heterocycles. The first-order chi connectivity index (χ1) is 12.2. The highest BCUT2D eigenvalue weighted by atomic mass is 19.1. The predicted octanol–water partition coefficient (Wildman–Crippen LogP) is 4.39. The van der Waals surface area contributed by atoms with E-state index in [1.807, 2.05) is 24.3 Å². The van der Waals surface area contributed by atoms with Gasteiger partial charge in [0.25, 0.3) is 5.91 Å². The Hall–Kier alpha value is -2.56. The van der Waals surface area contributed by atoms with E-state index in [9.17, 15) is 9.18 Å². The minimum Gasteiger partial charge on any atom is -0.494 e. The van der Waals surface area contributed by atoms with Gasteiger partial charge in [0.05, 0.1) is 13.2 Å². The van der Waals surface area contributed by atoms with E-state index < -0.39 is 5.82 Å². The van der Waals surface area contributed by atoms with E-state index in [1.165, 1.54) is 18.7 Å².